The molecule has 4 aromatic rings. The van der Waals surface area contributed by atoms with Crippen LogP contribution in [-0.4, -0.2) is 57.1 Å². The van der Waals surface area contributed by atoms with Crippen molar-refractivity contribution in [3.63, 3.8) is 0 Å². The molecule has 1 aliphatic carbocycles. The maximum Gasteiger partial charge on any atom is 0.260 e. The Morgan fingerprint density at radius 3 is 2.68 bits per heavy atom. The van der Waals surface area contributed by atoms with Gasteiger partial charge in [0.1, 0.15) is 12.0 Å². The third kappa shape index (κ3) is 4.41. The van der Waals surface area contributed by atoms with Gasteiger partial charge >= 0.3 is 0 Å². The number of hydrogen-bond donors (Lipinski definition) is 3. The number of pyridine rings is 1. The molecule has 0 unspecified atom stereocenters. The molecule has 10 nitrogen and oxygen atoms in total. The summed E-state index contributed by atoms with van der Waals surface area (Å²) in [7, 11) is -3.96. The van der Waals surface area contributed by atoms with Crippen LogP contribution in [0, 0.1) is 5.92 Å². The van der Waals surface area contributed by atoms with Crippen LogP contribution in [-0.2, 0) is 27.8 Å². The summed E-state index contributed by atoms with van der Waals surface area (Å²) in [5.74, 6) is -1.15. The predicted molar refractivity (Wildman–Crippen MR) is 135 cm³/mol. The number of carbonyl (C=O) groups excluding carboxylic acids is 2. The van der Waals surface area contributed by atoms with Crippen molar-refractivity contribution in [1.82, 2.24) is 24.2 Å². The van der Waals surface area contributed by atoms with Crippen LogP contribution in [0.2, 0.25) is 0 Å². The van der Waals surface area contributed by atoms with Crippen molar-refractivity contribution in [2.75, 3.05) is 11.9 Å². The second-order valence-corrected chi connectivity index (χ2v) is 11.3. The van der Waals surface area contributed by atoms with Gasteiger partial charge in [0.15, 0.2) is 10.8 Å². The standard InChI is InChI=1S/C26H23FN6O4S/c27-19-10-17(19)26(35)32-22-9-16(6-7-29-22)25-18(8-15-4-2-1-3-5-15)24-20(31-25)12-33(13-21(24)34)38(36,37)23-11-28-14-30-23/h1-7,9,11,14,17,19,31H,8,10,12-13H2,(H,28,30)(H,29,32,35)/t17-,19+/m0/s1. The highest BCUT2D eigenvalue weighted by atomic mass is 32.2. The van der Waals surface area contributed by atoms with E-state index in [9.17, 15) is 22.4 Å². The van der Waals surface area contributed by atoms with Crippen LogP contribution >= 0.6 is 0 Å². The number of aromatic amines is 2. The number of carbonyl (C=O) groups is 2. The van der Waals surface area contributed by atoms with E-state index < -0.39 is 28.0 Å². The first kappa shape index (κ1) is 24.2. The summed E-state index contributed by atoms with van der Waals surface area (Å²) >= 11 is 0. The Bertz CT molecular complexity index is 1640. The van der Waals surface area contributed by atoms with Crippen molar-refractivity contribution < 1.29 is 22.4 Å². The molecule has 0 spiro atoms. The average Bonchev–Trinajstić information content (AvgIpc) is 3.28. The number of Topliss-reactive ketones (excluding diaryl/α,β-unsaturated/α-hetero) is 1. The van der Waals surface area contributed by atoms with Gasteiger partial charge in [0.2, 0.25) is 5.91 Å². The monoisotopic (exact) mass is 534 g/mol. The number of amides is 1. The smallest absolute Gasteiger partial charge is 0.260 e. The predicted octanol–water partition coefficient (Wildman–Crippen LogP) is 3.07. The third-order valence-corrected chi connectivity index (χ3v) is 8.50. The fourth-order valence-electron chi connectivity index (χ4n) is 4.75. The second-order valence-electron chi connectivity index (χ2n) is 9.38. The molecule has 3 N–H and O–H groups in total. The van der Waals surface area contributed by atoms with E-state index in [0.29, 0.717) is 28.9 Å². The zero-order chi connectivity index (χ0) is 26.4. The van der Waals surface area contributed by atoms with Gasteiger partial charge in [-0.3, -0.25) is 9.59 Å². The van der Waals surface area contributed by atoms with Gasteiger partial charge in [0.05, 0.1) is 37.2 Å². The minimum atomic E-state index is -3.96. The number of aromatic nitrogens is 4. The number of hydrogen-bond acceptors (Lipinski definition) is 6. The SMILES string of the molecule is O=C1CN(S(=O)(=O)c2cnc[nH]2)Cc2[nH]c(-c3ccnc(NC(=O)[C@H]4C[C@H]4F)c3)c(Cc3ccccc3)c21. The summed E-state index contributed by atoms with van der Waals surface area (Å²) in [6, 6.07) is 13.0. The van der Waals surface area contributed by atoms with Crippen molar-refractivity contribution in [2.24, 2.45) is 5.92 Å². The van der Waals surface area contributed by atoms with Crippen LogP contribution < -0.4 is 5.32 Å². The van der Waals surface area contributed by atoms with E-state index in [2.05, 4.69) is 25.3 Å². The van der Waals surface area contributed by atoms with Crippen molar-refractivity contribution in [3.05, 3.63) is 83.6 Å². The van der Waals surface area contributed by atoms with Crippen LogP contribution in [0.3, 0.4) is 0 Å². The van der Waals surface area contributed by atoms with E-state index in [1.165, 1.54) is 18.7 Å². The lowest BCUT2D eigenvalue weighted by molar-refractivity contribution is -0.117. The third-order valence-electron chi connectivity index (χ3n) is 6.78. The normalized spacial score (nSPS) is 19.2. The largest absolute Gasteiger partial charge is 0.356 e. The first-order valence-corrected chi connectivity index (χ1v) is 13.5. The number of sulfonamides is 1. The molecule has 4 heterocycles. The number of fused-ring (bicyclic) bond motifs is 1. The van der Waals surface area contributed by atoms with Crippen LogP contribution in [0.4, 0.5) is 10.2 Å². The molecule has 194 valence electrons. The Morgan fingerprint density at radius 2 is 1.97 bits per heavy atom. The minimum absolute atomic E-state index is 0.0293. The number of alkyl halides is 1. The van der Waals surface area contributed by atoms with Crippen molar-refractivity contribution in [1.29, 1.82) is 0 Å². The number of halogens is 1. The fraction of sp³-hybridized carbons (Fsp3) is 0.231. The number of H-pyrrole nitrogens is 2. The molecule has 0 radical (unpaired) electrons. The van der Waals surface area contributed by atoms with E-state index >= 15 is 0 Å². The molecule has 1 aromatic carbocycles. The van der Waals surface area contributed by atoms with E-state index in [0.717, 1.165) is 15.4 Å². The zero-order valence-corrected chi connectivity index (χ0v) is 20.8. The topological polar surface area (TPSA) is 141 Å². The molecule has 2 aliphatic rings. The van der Waals surface area contributed by atoms with Gasteiger partial charge in [-0.05, 0) is 29.7 Å². The molecule has 1 saturated carbocycles. The summed E-state index contributed by atoms with van der Waals surface area (Å²) in [4.78, 5) is 39.6. The van der Waals surface area contributed by atoms with Gasteiger partial charge in [-0.2, -0.15) is 4.31 Å². The molecule has 6 rings (SSSR count). The van der Waals surface area contributed by atoms with E-state index in [4.69, 9.17) is 0 Å². The van der Waals surface area contributed by atoms with Crippen LogP contribution in [0.5, 0.6) is 0 Å². The molecule has 38 heavy (non-hydrogen) atoms. The Labute approximate surface area is 217 Å². The minimum Gasteiger partial charge on any atom is -0.356 e. The molecule has 0 bridgehead atoms. The molecular formula is C26H23FN6O4S. The van der Waals surface area contributed by atoms with Gasteiger partial charge in [0, 0.05) is 29.4 Å². The van der Waals surface area contributed by atoms with Crippen LogP contribution in [0.25, 0.3) is 11.3 Å². The lowest BCUT2D eigenvalue weighted by Gasteiger charge is -2.25. The van der Waals surface area contributed by atoms with Gasteiger partial charge in [-0.1, -0.05) is 30.3 Å². The Kier molecular flexibility index (Phi) is 5.92. The summed E-state index contributed by atoms with van der Waals surface area (Å²) in [5.41, 5.74) is 3.91. The van der Waals surface area contributed by atoms with Gasteiger partial charge in [-0.25, -0.2) is 22.8 Å². The first-order valence-electron chi connectivity index (χ1n) is 12.0. The zero-order valence-electron chi connectivity index (χ0n) is 20.0. The van der Waals surface area contributed by atoms with Gasteiger partial charge < -0.3 is 15.3 Å². The first-order chi connectivity index (χ1) is 18.3. The van der Waals surface area contributed by atoms with Crippen molar-refractivity contribution in [3.8, 4) is 11.3 Å². The van der Waals surface area contributed by atoms with Crippen molar-refractivity contribution in [2.45, 2.75) is 30.6 Å². The number of nitrogens with one attached hydrogen (secondary N) is 3. The maximum atomic E-state index is 13.4. The van der Waals surface area contributed by atoms with Gasteiger partial charge in [-0.15, -0.1) is 0 Å². The Hall–Kier alpha value is -4.16. The van der Waals surface area contributed by atoms with Gasteiger partial charge in [0.25, 0.3) is 10.0 Å². The summed E-state index contributed by atoms with van der Waals surface area (Å²) in [6.07, 6.45) is 3.50. The summed E-state index contributed by atoms with van der Waals surface area (Å²) in [5, 5.41) is 2.57. The quantitative estimate of drug-likeness (QED) is 0.333. The number of anilines is 1. The molecular weight excluding hydrogens is 511 g/mol. The van der Waals surface area contributed by atoms with E-state index in [1.54, 1.807) is 12.1 Å². The fourth-order valence-corrected chi connectivity index (χ4v) is 6.01. The number of ketones is 1. The highest BCUT2D eigenvalue weighted by molar-refractivity contribution is 7.89. The lowest BCUT2D eigenvalue weighted by atomic mass is 9.94. The number of imidazole rings is 1. The van der Waals surface area contributed by atoms with Crippen molar-refractivity contribution >= 4 is 27.5 Å². The summed E-state index contributed by atoms with van der Waals surface area (Å²) in [6.45, 7) is -0.338. The number of rotatable bonds is 7. The molecule has 2 atom stereocenters. The average molecular weight is 535 g/mol. The van der Waals surface area contributed by atoms with E-state index in [1.807, 2.05) is 30.3 Å². The summed E-state index contributed by atoms with van der Waals surface area (Å²) < 4.78 is 40.6. The molecule has 0 saturated heterocycles. The van der Waals surface area contributed by atoms with Crippen LogP contribution in [0.15, 0.2) is 66.2 Å². The molecule has 1 aliphatic heterocycles. The molecule has 1 fully saturated rings. The number of nitrogens with zero attached hydrogens (tertiary/aromatic N) is 3. The highest BCUT2D eigenvalue weighted by Gasteiger charge is 2.44. The Balaban J connectivity index is 1.40. The lowest BCUT2D eigenvalue weighted by Crippen LogP contribution is -2.39. The molecule has 12 heteroatoms. The maximum absolute atomic E-state index is 13.4. The number of benzene rings is 1. The van der Waals surface area contributed by atoms with E-state index in [-0.39, 0.29) is 36.1 Å². The van der Waals surface area contributed by atoms with Crippen LogP contribution in [0.1, 0.15) is 33.6 Å². The molecule has 3 aromatic heterocycles. The second kappa shape index (κ2) is 9.30. The molecule has 1 amide bonds. The Morgan fingerprint density at radius 1 is 1.18 bits per heavy atom. The highest BCUT2D eigenvalue weighted by Crippen LogP contribution is 2.37.